The molecule has 4 heteroatoms. The second-order valence-electron chi connectivity index (χ2n) is 4.60. The number of ether oxygens (including phenoxy) is 1. The Balaban J connectivity index is 1.55. The van der Waals surface area contributed by atoms with Gasteiger partial charge in [-0.2, -0.15) is 0 Å². The summed E-state index contributed by atoms with van der Waals surface area (Å²) in [7, 11) is 0. The van der Waals surface area contributed by atoms with Gasteiger partial charge in [-0.25, -0.2) is 4.98 Å². The number of hydrogen-bond acceptors (Lipinski definition) is 4. The van der Waals surface area contributed by atoms with Gasteiger partial charge in [0.1, 0.15) is 11.3 Å². The first-order chi connectivity index (χ1) is 9.81. The molecule has 0 atom stereocenters. The van der Waals surface area contributed by atoms with E-state index in [-0.39, 0.29) is 0 Å². The molecule has 0 saturated heterocycles. The topological polar surface area (TPSA) is 61.3 Å². The zero-order valence-corrected chi connectivity index (χ0v) is 11.1. The monoisotopic (exact) mass is 268 g/mol. The molecule has 0 amide bonds. The number of rotatable bonds is 5. The number of nitrogens with zero attached hydrogens (tertiary/aromatic N) is 1. The molecule has 3 aromatic rings. The van der Waals surface area contributed by atoms with Crippen LogP contribution in [-0.2, 0) is 6.42 Å². The third kappa shape index (κ3) is 2.91. The minimum Gasteiger partial charge on any atom is -0.494 e. The fraction of sp³-hybridized carbons (Fsp3) is 0.188. The summed E-state index contributed by atoms with van der Waals surface area (Å²) >= 11 is 0. The predicted molar refractivity (Wildman–Crippen MR) is 78.7 cm³/mol. The van der Waals surface area contributed by atoms with Gasteiger partial charge in [-0.05, 0) is 30.7 Å². The number of fused-ring (bicyclic) bond motifs is 1. The van der Waals surface area contributed by atoms with Crippen LogP contribution in [0.5, 0.6) is 5.75 Å². The lowest BCUT2D eigenvalue weighted by atomic mass is 10.3. The average molecular weight is 268 g/mol. The Bertz CT molecular complexity index is 692. The summed E-state index contributed by atoms with van der Waals surface area (Å²) in [5, 5.41) is 0. The molecule has 0 radical (unpaired) electrons. The highest BCUT2D eigenvalue weighted by atomic mass is 16.5. The standard InChI is InChI=1S/C16H16N2O2/c17-12-8-9-14-15(11-12)20-16(18-14)7-4-10-19-13-5-2-1-3-6-13/h1-3,5-6,8-9,11H,4,7,10,17H2. The number of nitrogens with two attached hydrogens (primary N) is 1. The molecule has 0 bridgehead atoms. The molecule has 0 unspecified atom stereocenters. The third-order valence-corrected chi connectivity index (χ3v) is 3.00. The molecular formula is C16H16N2O2. The molecule has 0 aliphatic rings. The van der Waals surface area contributed by atoms with Gasteiger partial charge in [0.25, 0.3) is 0 Å². The van der Waals surface area contributed by atoms with E-state index in [0.717, 1.165) is 35.6 Å². The van der Waals surface area contributed by atoms with E-state index < -0.39 is 0 Å². The van der Waals surface area contributed by atoms with Crippen molar-refractivity contribution >= 4 is 16.8 Å². The van der Waals surface area contributed by atoms with Crippen LogP contribution < -0.4 is 10.5 Å². The molecule has 0 aliphatic carbocycles. The van der Waals surface area contributed by atoms with Gasteiger partial charge in [0.2, 0.25) is 0 Å². The van der Waals surface area contributed by atoms with Crippen LogP contribution >= 0.6 is 0 Å². The molecule has 0 fully saturated rings. The highest BCUT2D eigenvalue weighted by Crippen LogP contribution is 2.19. The Hall–Kier alpha value is -2.49. The highest BCUT2D eigenvalue weighted by Gasteiger charge is 2.05. The number of nitrogen functional groups attached to an aromatic ring is 1. The van der Waals surface area contributed by atoms with Crippen LogP contribution in [0.25, 0.3) is 11.1 Å². The Labute approximate surface area is 117 Å². The van der Waals surface area contributed by atoms with Gasteiger partial charge >= 0.3 is 0 Å². The molecule has 0 saturated carbocycles. The van der Waals surface area contributed by atoms with Crippen molar-refractivity contribution in [3.63, 3.8) is 0 Å². The maximum absolute atomic E-state index is 5.71. The number of aromatic nitrogens is 1. The Morgan fingerprint density at radius 3 is 2.80 bits per heavy atom. The van der Waals surface area contributed by atoms with Crippen molar-refractivity contribution in [2.24, 2.45) is 0 Å². The van der Waals surface area contributed by atoms with E-state index in [1.807, 2.05) is 42.5 Å². The quantitative estimate of drug-likeness (QED) is 0.569. The molecular weight excluding hydrogens is 252 g/mol. The van der Waals surface area contributed by atoms with Gasteiger partial charge in [-0.15, -0.1) is 0 Å². The van der Waals surface area contributed by atoms with Crippen molar-refractivity contribution < 1.29 is 9.15 Å². The van der Waals surface area contributed by atoms with Crippen LogP contribution in [0.4, 0.5) is 5.69 Å². The largest absolute Gasteiger partial charge is 0.494 e. The van der Waals surface area contributed by atoms with Crippen molar-refractivity contribution in [3.8, 4) is 5.75 Å². The van der Waals surface area contributed by atoms with Crippen molar-refractivity contribution in [1.82, 2.24) is 4.98 Å². The molecule has 0 spiro atoms. The smallest absolute Gasteiger partial charge is 0.195 e. The maximum atomic E-state index is 5.71. The fourth-order valence-corrected chi connectivity index (χ4v) is 2.03. The molecule has 2 N–H and O–H groups in total. The van der Waals surface area contributed by atoms with Gasteiger partial charge < -0.3 is 14.9 Å². The number of anilines is 1. The fourth-order valence-electron chi connectivity index (χ4n) is 2.03. The van der Waals surface area contributed by atoms with Crippen molar-refractivity contribution in [1.29, 1.82) is 0 Å². The summed E-state index contributed by atoms with van der Waals surface area (Å²) in [6.45, 7) is 0.644. The van der Waals surface area contributed by atoms with E-state index in [1.54, 1.807) is 6.07 Å². The van der Waals surface area contributed by atoms with E-state index in [0.29, 0.717) is 12.3 Å². The molecule has 1 aromatic heterocycles. The van der Waals surface area contributed by atoms with Gasteiger partial charge in [0, 0.05) is 18.2 Å². The SMILES string of the molecule is Nc1ccc2nc(CCCOc3ccccc3)oc2c1. The summed E-state index contributed by atoms with van der Waals surface area (Å²) in [6, 6.07) is 15.3. The first-order valence-corrected chi connectivity index (χ1v) is 6.64. The van der Waals surface area contributed by atoms with E-state index in [9.17, 15) is 0 Å². The summed E-state index contributed by atoms with van der Waals surface area (Å²) in [4.78, 5) is 4.42. The van der Waals surface area contributed by atoms with E-state index >= 15 is 0 Å². The zero-order chi connectivity index (χ0) is 13.8. The molecule has 4 nitrogen and oxygen atoms in total. The molecule has 20 heavy (non-hydrogen) atoms. The van der Waals surface area contributed by atoms with Gasteiger partial charge in [-0.3, -0.25) is 0 Å². The maximum Gasteiger partial charge on any atom is 0.195 e. The van der Waals surface area contributed by atoms with Gasteiger partial charge in [0.05, 0.1) is 6.61 Å². The third-order valence-electron chi connectivity index (χ3n) is 3.00. The van der Waals surface area contributed by atoms with Crippen LogP contribution in [0.2, 0.25) is 0 Å². The zero-order valence-electron chi connectivity index (χ0n) is 11.1. The van der Waals surface area contributed by atoms with Crippen LogP contribution in [0, 0.1) is 0 Å². The Morgan fingerprint density at radius 2 is 1.95 bits per heavy atom. The number of aryl methyl sites for hydroxylation is 1. The average Bonchev–Trinajstić information content (AvgIpc) is 2.86. The molecule has 0 aliphatic heterocycles. The lowest BCUT2D eigenvalue weighted by Crippen LogP contribution is -1.99. The number of para-hydroxylation sites is 1. The van der Waals surface area contributed by atoms with Crippen LogP contribution in [-0.4, -0.2) is 11.6 Å². The van der Waals surface area contributed by atoms with Crippen molar-refractivity contribution in [2.75, 3.05) is 12.3 Å². The van der Waals surface area contributed by atoms with E-state index in [1.165, 1.54) is 0 Å². The molecule has 1 heterocycles. The van der Waals surface area contributed by atoms with E-state index in [2.05, 4.69) is 4.98 Å². The summed E-state index contributed by atoms with van der Waals surface area (Å²) in [5.41, 5.74) is 7.98. The number of oxazole rings is 1. The lowest BCUT2D eigenvalue weighted by molar-refractivity contribution is 0.306. The van der Waals surface area contributed by atoms with Gasteiger partial charge in [-0.1, -0.05) is 18.2 Å². The molecule has 102 valence electrons. The second kappa shape index (κ2) is 5.65. The number of benzene rings is 2. The van der Waals surface area contributed by atoms with E-state index in [4.69, 9.17) is 14.9 Å². The predicted octanol–water partition coefficient (Wildman–Crippen LogP) is 3.42. The van der Waals surface area contributed by atoms with Crippen molar-refractivity contribution in [3.05, 3.63) is 54.4 Å². The highest BCUT2D eigenvalue weighted by molar-refractivity contribution is 5.76. The minimum absolute atomic E-state index is 0.644. The first kappa shape index (κ1) is 12.5. The van der Waals surface area contributed by atoms with Crippen LogP contribution in [0.1, 0.15) is 12.3 Å². The Kier molecular flexibility index (Phi) is 3.54. The summed E-state index contributed by atoms with van der Waals surface area (Å²) < 4.78 is 11.3. The Morgan fingerprint density at radius 1 is 1.10 bits per heavy atom. The molecule has 2 aromatic carbocycles. The van der Waals surface area contributed by atoms with Crippen molar-refractivity contribution in [2.45, 2.75) is 12.8 Å². The minimum atomic E-state index is 0.644. The summed E-state index contributed by atoms with van der Waals surface area (Å²) in [6.07, 6.45) is 1.61. The van der Waals surface area contributed by atoms with Crippen LogP contribution in [0.15, 0.2) is 52.9 Å². The van der Waals surface area contributed by atoms with Crippen LogP contribution in [0.3, 0.4) is 0 Å². The summed E-state index contributed by atoms with van der Waals surface area (Å²) in [5.74, 6) is 1.61. The first-order valence-electron chi connectivity index (χ1n) is 6.64. The van der Waals surface area contributed by atoms with Gasteiger partial charge in [0.15, 0.2) is 11.5 Å². The normalized spacial score (nSPS) is 10.8. The second-order valence-corrected chi connectivity index (χ2v) is 4.60. The molecule has 3 rings (SSSR count). The lowest BCUT2D eigenvalue weighted by Gasteiger charge is -2.03. The number of hydrogen-bond donors (Lipinski definition) is 1.